The van der Waals surface area contributed by atoms with E-state index in [0.29, 0.717) is 6.10 Å². The molecule has 1 aliphatic carbocycles. The van der Waals surface area contributed by atoms with Gasteiger partial charge in [-0.3, -0.25) is 0 Å². The van der Waals surface area contributed by atoms with Crippen LogP contribution in [0.3, 0.4) is 0 Å². The molecule has 0 heterocycles. The molecule has 0 bridgehead atoms. The minimum absolute atomic E-state index is 0.417. The summed E-state index contributed by atoms with van der Waals surface area (Å²) in [4.78, 5) is 0. The molecule has 2 rings (SSSR count). The van der Waals surface area contributed by atoms with Crippen LogP contribution in [0.15, 0.2) is 12.1 Å². The summed E-state index contributed by atoms with van der Waals surface area (Å²) < 4.78 is 6.46. The Labute approximate surface area is 130 Å². The predicted octanol–water partition coefficient (Wildman–Crippen LogP) is 4.76. The summed E-state index contributed by atoms with van der Waals surface area (Å²) in [5.41, 5.74) is 3.92. The van der Waals surface area contributed by atoms with Crippen LogP contribution < -0.4 is 10.1 Å². The first-order chi connectivity index (χ1) is 10.2. The van der Waals surface area contributed by atoms with Gasteiger partial charge in [-0.15, -0.1) is 0 Å². The van der Waals surface area contributed by atoms with E-state index in [9.17, 15) is 0 Å². The molecule has 1 saturated carbocycles. The summed E-state index contributed by atoms with van der Waals surface area (Å²) in [5, 5.41) is 3.40. The maximum absolute atomic E-state index is 6.46. The Morgan fingerprint density at radius 2 is 1.76 bits per heavy atom. The van der Waals surface area contributed by atoms with Crippen molar-refractivity contribution in [3.63, 3.8) is 0 Å². The number of aryl methyl sites for hydroxylation is 2. The van der Waals surface area contributed by atoms with Crippen LogP contribution in [0.2, 0.25) is 0 Å². The number of hydrogen-bond acceptors (Lipinski definition) is 2. The van der Waals surface area contributed by atoms with E-state index < -0.39 is 0 Å². The van der Waals surface area contributed by atoms with E-state index in [1.54, 1.807) is 0 Å². The summed E-state index contributed by atoms with van der Waals surface area (Å²) >= 11 is 0. The third-order valence-electron chi connectivity index (χ3n) is 4.73. The monoisotopic (exact) mass is 289 g/mol. The van der Waals surface area contributed by atoms with Crippen LogP contribution in [0, 0.1) is 19.8 Å². The Balaban J connectivity index is 2.12. The van der Waals surface area contributed by atoms with Crippen LogP contribution in [0.4, 0.5) is 0 Å². The minimum atomic E-state index is 0.417. The van der Waals surface area contributed by atoms with Crippen molar-refractivity contribution in [1.82, 2.24) is 5.32 Å². The minimum Gasteiger partial charge on any atom is -0.490 e. The lowest BCUT2D eigenvalue weighted by Crippen LogP contribution is -2.30. The third kappa shape index (κ3) is 4.23. The van der Waals surface area contributed by atoms with Crippen molar-refractivity contribution in [2.45, 2.75) is 72.4 Å². The van der Waals surface area contributed by atoms with Crippen LogP contribution in [-0.4, -0.2) is 12.6 Å². The van der Waals surface area contributed by atoms with E-state index in [1.165, 1.54) is 48.8 Å². The number of benzene rings is 1. The fourth-order valence-corrected chi connectivity index (χ4v) is 3.54. The lowest BCUT2D eigenvalue weighted by molar-refractivity contribution is 0.0890. The van der Waals surface area contributed by atoms with Crippen molar-refractivity contribution >= 4 is 0 Å². The molecule has 21 heavy (non-hydrogen) atoms. The number of rotatable bonds is 6. The molecular weight excluding hydrogens is 258 g/mol. The normalized spacial score (nSPS) is 22.3. The molecule has 1 fully saturated rings. The predicted molar refractivity (Wildman–Crippen MR) is 90.0 cm³/mol. The van der Waals surface area contributed by atoms with Crippen molar-refractivity contribution in [3.8, 4) is 5.75 Å². The van der Waals surface area contributed by atoms with Crippen LogP contribution in [0.25, 0.3) is 0 Å². The highest BCUT2D eigenvalue weighted by Gasteiger charge is 2.26. The van der Waals surface area contributed by atoms with Crippen molar-refractivity contribution < 1.29 is 4.74 Å². The Bertz CT molecular complexity index is 432. The Morgan fingerprint density at radius 1 is 1.10 bits per heavy atom. The summed E-state index contributed by atoms with van der Waals surface area (Å²) in [6.45, 7) is 10.8. The van der Waals surface area contributed by atoms with E-state index in [2.05, 4.69) is 45.1 Å². The van der Waals surface area contributed by atoms with Crippen LogP contribution in [0.5, 0.6) is 5.75 Å². The highest BCUT2D eigenvalue weighted by molar-refractivity contribution is 5.43. The van der Waals surface area contributed by atoms with Gasteiger partial charge in [0, 0.05) is 6.54 Å². The van der Waals surface area contributed by atoms with Gasteiger partial charge in [0.1, 0.15) is 11.9 Å². The van der Waals surface area contributed by atoms with Crippen LogP contribution in [-0.2, 0) is 6.54 Å². The summed E-state index contributed by atoms with van der Waals surface area (Å²) in [6.07, 6.45) is 6.89. The molecule has 118 valence electrons. The molecule has 1 aliphatic rings. The molecule has 1 aromatic carbocycles. The van der Waals surface area contributed by atoms with Crippen molar-refractivity contribution in [1.29, 1.82) is 0 Å². The largest absolute Gasteiger partial charge is 0.490 e. The molecule has 2 atom stereocenters. The summed E-state index contributed by atoms with van der Waals surface area (Å²) in [5.74, 6) is 1.86. The first-order valence-electron chi connectivity index (χ1n) is 8.63. The van der Waals surface area contributed by atoms with Crippen molar-refractivity contribution in [2.24, 2.45) is 5.92 Å². The maximum Gasteiger partial charge on any atom is 0.125 e. The Hall–Kier alpha value is -1.02. The number of hydrogen-bond donors (Lipinski definition) is 1. The second-order valence-electron chi connectivity index (χ2n) is 6.45. The quantitative estimate of drug-likeness (QED) is 0.815. The zero-order valence-corrected chi connectivity index (χ0v) is 14.2. The molecule has 1 N–H and O–H groups in total. The van der Waals surface area contributed by atoms with Gasteiger partial charge in [-0.25, -0.2) is 0 Å². The molecule has 2 heteroatoms. The second-order valence-corrected chi connectivity index (χ2v) is 6.45. The molecule has 0 aliphatic heterocycles. The van der Waals surface area contributed by atoms with Gasteiger partial charge in [-0.05, 0) is 68.7 Å². The standard InChI is InChI=1S/C19H31NO/c1-5-17-9-7-8-10-18(17)21-19-14(3)11-16(12-15(19)4)13-20-6-2/h11-12,17-18,20H,5-10,13H2,1-4H3. The Morgan fingerprint density at radius 3 is 2.38 bits per heavy atom. The van der Waals surface area contributed by atoms with Gasteiger partial charge in [-0.1, -0.05) is 32.4 Å². The molecule has 0 amide bonds. The lowest BCUT2D eigenvalue weighted by atomic mass is 9.84. The molecule has 2 nitrogen and oxygen atoms in total. The zero-order valence-electron chi connectivity index (χ0n) is 14.2. The fraction of sp³-hybridized carbons (Fsp3) is 0.684. The average molecular weight is 289 g/mol. The smallest absolute Gasteiger partial charge is 0.125 e. The number of nitrogens with one attached hydrogen (secondary N) is 1. The second kappa shape index (κ2) is 7.84. The molecule has 0 spiro atoms. The SMILES string of the molecule is CCNCc1cc(C)c(OC2CCCCC2CC)c(C)c1. The Kier molecular flexibility index (Phi) is 6.10. The van der Waals surface area contributed by atoms with Gasteiger partial charge in [0.05, 0.1) is 0 Å². The van der Waals surface area contributed by atoms with E-state index in [1.807, 2.05) is 0 Å². The molecule has 0 radical (unpaired) electrons. The van der Waals surface area contributed by atoms with Gasteiger partial charge in [-0.2, -0.15) is 0 Å². The highest BCUT2D eigenvalue weighted by atomic mass is 16.5. The van der Waals surface area contributed by atoms with Crippen LogP contribution >= 0.6 is 0 Å². The zero-order chi connectivity index (χ0) is 15.2. The maximum atomic E-state index is 6.46. The molecule has 0 saturated heterocycles. The van der Waals surface area contributed by atoms with Crippen LogP contribution in [0.1, 0.15) is 62.6 Å². The van der Waals surface area contributed by atoms with Gasteiger partial charge in [0.2, 0.25) is 0 Å². The van der Waals surface area contributed by atoms with Crippen molar-refractivity contribution in [3.05, 3.63) is 28.8 Å². The number of ether oxygens (including phenoxy) is 1. The van der Waals surface area contributed by atoms with Gasteiger partial charge >= 0.3 is 0 Å². The molecule has 1 aromatic rings. The van der Waals surface area contributed by atoms with Crippen molar-refractivity contribution in [2.75, 3.05) is 6.54 Å². The third-order valence-corrected chi connectivity index (χ3v) is 4.73. The van der Waals surface area contributed by atoms with E-state index >= 15 is 0 Å². The summed E-state index contributed by atoms with van der Waals surface area (Å²) in [6, 6.07) is 4.55. The fourth-order valence-electron chi connectivity index (χ4n) is 3.54. The van der Waals surface area contributed by atoms with Gasteiger partial charge in [0.15, 0.2) is 0 Å². The molecule has 0 aromatic heterocycles. The van der Waals surface area contributed by atoms with E-state index in [0.717, 1.165) is 24.8 Å². The molecular formula is C19H31NO. The van der Waals surface area contributed by atoms with E-state index in [4.69, 9.17) is 4.74 Å². The first-order valence-corrected chi connectivity index (χ1v) is 8.63. The lowest BCUT2D eigenvalue weighted by Gasteiger charge is -2.32. The topological polar surface area (TPSA) is 21.3 Å². The highest BCUT2D eigenvalue weighted by Crippen LogP contribution is 2.33. The first kappa shape index (κ1) is 16.4. The van der Waals surface area contributed by atoms with Gasteiger partial charge in [0.25, 0.3) is 0 Å². The van der Waals surface area contributed by atoms with Gasteiger partial charge < -0.3 is 10.1 Å². The molecule has 2 unspecified atom stereocenters. The van der Waals surface area contributed by atoms with E-state index in [-0.39, 0.29) is 0 Å². The summed E-state index contributed by atoms with van der Waals surface area (Å²) in [7, 11) is 0. The average Bonchev–Trinajstić information content (AvgIpc) is 2.49.